The van der Waals surface area contributed by atoms with Crippen LogP contribution in [0.3, 0.4) is 0 Å². The molecule has 1 N–H and O–H groups in total. The SMILES string of the molecule is CCCC(CCC)NC(=O)c1ccc2ncsc2c1. The molecule has 1 heterocycles. The van der Waals surface area contributed by atoms with E-state index in [1.165, 1.54) is 0 Å². The second-order valence-electron chi connectivity index (χ2n) is 4.78. The van der Waals surface area contributed by atoms with Gasteiger partial charge in [0.2, 0.25) is 0 Å². The first-order valence-electron chi connectivity index (χ1n) is 6.88. The van der Waals surface area contributed by atoms with Crippen LogP contribution in [0.25, 0.3) is 10.2 Å². The van der Waals surface area contributed by atoms with E-state index < -0.39 is 0 Å². The van der Waals surface area contributed by atoms with Gasteiger partial charge >= 0.3 is 0 Å². The van der Waals surface area contributed by atoms with Crippen LogP contribution in [0, 0.1) is 0 Å². The predicted molar refractivity (Wildman–Crippen MR) is 80.7 cm³/mol. The van der Waals surface area contributed by atoms with Crippen LogP contribution in [0.1, 0.15) is 49.9 Å². The van der Waals surface area contributed by atoms with Crippen LogP contribution in [0.2, 0.25) is 0 Å². The number of nitrogens with zero attached hydrogens (tertiary/aromatic N) is 1. The smallest absolute Gasteiger partial charge is 0.251 e. The first kappa shape index (κ1) is 14.0. The summed E-state index contributed by atoms with van der Waals surface area (Å²) in [5, 5.41) is 3.14. The second kappa shape index (κ2) is 6.66. The van der Waals surface area contributed by atoms with Gasteiger partial charge in [-0.05, 0) is 31.0 Å². The van der Waals surface area contributed by atoms with Crippen molar-refractivity contribution in [1.29, 1.82) is 0 Å². The summed E-state index contributed by atoms with van der Waals surface area (Å²) >= 11 is 1.57. The Kier molecular flexibility index (Phi) is 4.91. The third kappa shape index (κ3) is 3.53. The largest absolute Gasteiger partial charge is 0.349 e. The molecule has 2 aromatic rings. The number of hydrogen-bond donors (Lipinski definition) is 1. The third-order valence-corrected chi connectivity index (χ3v) is 3.99. The lowest BCUT2D eigenvalue weighted by Gasteiger charge is -2.17. The van der Waals surface area contributed by atoms with Gasteiger partial charge in [0.1, 0.15) is 0 Å². The lowest BCUT2D eigenvalue weighted by atomic mass is 10.1. The zero-order valence-electron chi connectivity index (χ0n) is 11.5. The fourth-order valence-electron chi connectivity index (χ4n) is 2.25. The number of nitrogens with one attached hydrogen (secondary N) is 1. The van der Waals surface area contributed by atoms with Crippen molar-refractivity contribution < 1.29 is 4.79 Å². The summed E-state index contributed by atoms with van der Waals surface area (Å²) in [4.78, 5) is 16.5. The van der Waals surface area contributed by atoms with Crippen molar-refractivity contribution in [3.63, 3.8) is 0 Å². The molecule has 0 aliphatic rings. The van der Waals surface area contributed by atoms with E-state index in [1.807, 2.05) is 23.7 Å². The summed E-state index contributed by atoms with van der Waals surface area (Å²) < 4.78 is 1.06. The molecule has 4 heteroatoms. The van der Waals surface area contributed by atoms with Crippen molar-refractivity contribution in [1.82, 2.24) is 10.3 Å². The quantitative estimate of drug-likeness (QED) is 0.866. The maximum Gasteiger partial charge on any atom is 0.251 e. The molecular formula is C15H20N2OS. The Bertz CT molecular complexity index is 544. The zero-order chi connectivity index (χ0) is 13.7. The van der Waals surface area contributed by atoms with Crippen molar-refractivity contribution in [2.75, 3.05) is 0 Å². The third-order valence-electron chi connectivity index (χ3n) is 3.20. The summed E-state index contributed by atoms with van der Waals surface area (Å²) in [6.07, 6.45) is 4.28. The van der Waals surface area contributed by atoms with Crippen molar-refractivity contribution in [2.24, 2.45) is 0 Å². The fourth-order valence-corrected chi connectivity index (χ4v) is 2.97. The molecule has 0 atom stereocenters. The van der Waals surface area contributed by atoms with E-state index in [-0.39, 0.29) is 5.91 Å². The van der Waals surface area contributed by atoms with Crippen molar-refractivity contribution in [3.8, 4) is 0 Å². The molecule has 2 rings (SSSR count). The maximum atomic E-state index is 12.2. The van der Waals surface area contributed by atoms with Crippen molar-refractivity contribution in [2.45, 2.75) is 45.6 Å². The first-order chi connectivity index (χ1) is 9.24. The van der Waals surface area contributed by atoms with Crippen LogP contribution in [0.15, 0.2) is 23.7 Å². The molecule has 0 bridgehead atoms. The van der Waals surface area contributed by atoms with E-state index in [4.69, 9.17) is 0 Å². The highest BCUT2D eigenvalue weighted by atomic mass is 32.1. The number of aromatic nitrogens is 1. The highest BCUT2D eigenvalue weighted by Gasteiger charge is 2.13. The number of hydrogen-bond acceptors (Lipinski definition) is 3. The highest BCUT2D eigenvalue weighted by molar-refractivity contribution is 7.16. The summed E-state index contributed by atoms with van der Waals surface area (Å²) in [5.41, 5.74) is 3.50. The summed E-state index contributed by atoms with van der Waals surface area (Å²) in [7, 11) is 0. The Labute approximate surface area is 118 Å². The second-order valence-corrected chi connectivity index (χ2v) is 5.67. The van der Waals surface area contributed by atoms with E-state index >= 15 is 0 Å². The lowest BCUT2D eigenvalue weighted by molar-refractivity contribution is 0.0932. The number of benzene rings is 1. The monoisotopic (exact) mass is 276 g/mol. The molecular weight excluding hydrogens is 256 g/mol. The van der Waals surface area contributed by atoms with Crippen LogP contribution >= 0.6 is 11.3 Å². The molecule has 0 radical (unpaired) electrons. The maximum absolute atomic E-state index is 12.2. The molecule has 3 nitrogen and oxygen atoms in total. The highest BCUT2D eigenvalue weighted by Crippen LogP contribution is 2.19. The molecule has 0 saturated carbocycles. The van der Waals surface area contributed by atoms with Gasteiger partial charge in [-0.15, -0.1) is 11.3 Å². The van der Waals surface area contributed by atoms with E-state index in [2.05, 4.69) is 24.1 Å². The number of carbonyl (C=O) groups is 1. The van der Waals surface area contributed by atoms with Crippen LogP contribution < -0.4 is 5.32 Å². The van der Waals surface area contributed by atoms with Crippen molar-refractivity contribution >= 4 is 27.5 Å². The van der Waals surface area contributed by atoms with Crippen LogP contribution in [0.4, 0.5) is 0 Å². The summed E-state index contributed by atoms with van der Waals surface area (Å²) in [6.45, 7) is 4.30. The van der Waals surface area contributed by atoms with Gasteiger partial charge in [-0.1, -0.05) is 26.7 Å². The van der Waals surface area contributed by atoms with Crippen LogP contribution in [-0.4, -0.2) is 16.9 Å². The van der Waals surface area contributed by atoms with E-state index in [9.17, 15) is 4.79 Å². The summed E-state index contributed by atoms with van der Waals surface area (Å²) in [5.74, 6) is 0.0298. The van der Waals surface area contributed by atoms with Gasteiger partial charge in [-0.3, -0.25) is 4.79 Å². The fraction of sp³-hybridized carbons (Fsp3) is 0.467. The molecule has 19 heavy (non-hydrogen) atoms. The molecule has 0 aliphatic heterocycles. The van der Waals surface area contributed by atoms with E-state index in [1.54, 1.807) is 11.3 Å². The number of fused-ring (bicyclic) bond motifs is 1. The van der Waals surface area contributed by atoms with Gasteiger partial charge < -0.3 is 5.32 Å². The molecule has 102 valence electrons. The first-order valence-corrected chi connectivity index (χ1v) is 7.76. The minimum atomic E-state index is 0.0298. The Morgan fingerprint density at radius 2 is 2.05 bits per heavy atom. The lowest BCUT2D eigenvalue weighted by Crippen LogP contribution is -2.34. The summed E-state index contributed by atoms with van der Waals surface area (Å²) in [6, 6.07) is 5.98. The molecule has 0 saturated heterocycles. The number of amides is 1. The minimum Gasteiger partial charge on any atom is -0.349 e. The van der Waals surface area contributed by atoms with Gasteiger partial charge in [0.05, 0.1) is 15.7 Å². The van der Waals surface area contributed by atoms with Gasteiger partial charge in [0, 0.05) is 11.6 Å². The molecule has 0 spiro atoms. The average molecular weight is 276 g/mol. The molecule has 1 amide bonds. The van der Waals surface area contributed by atoms with E-state index in [0.717, 1.165) is 41.5 Å². The van der Waals surface area contributed by atoms with Crippen LogP contribution in [0.5, 0.6) is 0 Å². The minimum absolute atomic E-state index is 0.0298. The Morgan fingerprint density at radius 3 is 2.74 bits per heavy atom. The van der Waals surface area contributed by atoms with Gasteiger partial charge in [-0.2, -0.15) is 0 Å². The Morgan fingerprint density at radius 1 is 1.32 bits per heavy atom. The number of carbonyl (C=O) groups excluding carboxylic acids is 1. The average Bonchev–Trinajstić information content (AvgIpc) is 2.86. The topological polar surface area (TPSA) is 42.0 Å². The predicted octanol–water partition coefficient (Wildman–Crippen LogP) is 3.99. The molecule has 0 fully saturated rings. The normalized spacial score (nSPS) is 11.1. The van der Waals surface area contributed by atoms with Crippen molar-refractivity contribution in [3.05, 3.63) is 29.3 Å². The molecule has 0 aliphatic carbocycles. The number of rotatable bonds is 6. The van der Waals surface area contributed by atoms with Crippen LogP contribution in [-0.2, 0) is 0 Å². The standard InChI is InChI=1S/C15H20N2OS/c1-3-5-12(6-4-2)17-15(18)11-7-8-13-14(9-11)19-10-16-13/h7-10,12H,3-6H2,1-2H3,(H,17,18). The molecule has 1 aromatic heterocycles. The molecule has 1 aromatic carbocycles. The Hall–Kier alpha value is -1.42. The van der Waals surface area contributed by atoms with Gasteiger partial charge in [-0.25, -0.2) is 4.98 Å². The van der Waals surface area contributed by atoms with E-state index in [0.29, 0.717) is 6.04 Å². The van der Waals surface area contributed by atoms with Gasteiger partial charge in [0.25, 0.3) is 5.91 Å². The Balaban J connectivity index is 2.09. The zero-order valence-corrected chi connectivity index (χ0v) is 12.3. The molecule has 0 unspecified atom stereocenters. The van der Waals surface area contributed by atoms with Gasteiger partial charge in [0.15, 0.2) is 0 Å². The number of thiazole rings is 1.